The molecule has 1 aliphatic carbocycles. The highest BCUT2D eigenvalue weighted by atomic mass is 32.1. The Labute approximate surface area is 147 Å². The number of aromatic nitrogens is 2. The fourth-order valence-electron chi connectivity index (χ4n) is 3.62. The van der Waals surface area contributed by atoms with Crippen molar-refractivity contribution in [3.63, 3.8) is 0 Å². The third kappa shape index (κ3) is 4.64. The summed E-state index contributed by atoms with van der Waals surface area (Å²) in [5.74, 6) is -0.00879. The average Bonchev–Trinajstić information content (AvgIpc) is 3.03. The molecule has 1 amide bonds. The second kappa shape index (κ2) is 8.73. The zero-order valence-electron chi connectivity index (χ0n) is 14.3. The van der Waals surface area contributed by atoms with E-state index in [4.69, 9.17) is 4.74 Å². The molecule has 0 spiro atoms. The highest BCUT2D eigenvalue weighted by molar-refractivity contribution is 7.19. The predicted octanol–water partition coefficient (Wildman–Crippen LogP) is 2.33. The van der Waals surface area contributed by atoms with Gasteiger partial charge in [-0.2, -0.15) is 0 Å². The van der Waals surface area contributed by atoms with Crippen LogP contribution in [0.2, 0.25) is 0 Å². The predicted molar refractivity (Wildman–Crippen MR) is 95.5 cm³/mol. The quantitative estimate of drug-likeness (QED) is 0.817. The fourth-order valence-corrected chi connectivity index (χ4v) is 4.35. The van der Waals surface area contributed by atoms with Gasteiger partial charge in [-0.15, -0.1) is 10.2 Å². The van der Waals surface area contributed by atoms with E-state index in [2.05, 4.69) is 25.7 Å². The van der Waals surface area contributed by atoms with Crippen LogP contribution in [0.5, 0.6) is 0 Å². The Kier molecular flexibility index (Phi) is 6.39. The number of carbonyl (C=O) groups excluding carboxylic acids is 1. The van der Waals surface area contributed by atoms with E-state index in [1.807, 2.05) is 6.92 Å². The fraction of sp³-hybridized carbons (Fsp3) is 0.812. The van der Waals surface area contributed by atoms with Crippen LogP contribution < -0.4 is 10.6 Å². The minimum atomic E-state index is -0.00879. The summed E-state index contributed by atoms with van der Waals surface area (Å²) < 4.78 is 5.63. The maximum absolute atomic E-state index is 12.4. The summed E-state index contributed by atoms with van der Waals surface area (Å²) in [5.41, 5.74) is 0. The Bertz CT molecular complexity index is 532. The zero-order chi connectivity index (χ0) is 16.8. The molecule has 1 saturated heterocycles. The lowest BCUT2D eigenvalue weighted by atomic mass is 9.92. The van der Waals surface area contributed by atoms with Crippen molar-refractivity contribution >= 4 is 27.5 Å². The van der Waals surface area contributed by atoms with E-state index >= 15 is 0 Å². The number of carbonyl (C=O) groups is 1. The smallest absolute Gasteiger partial charge is 0.227 e. The first-order valence-electron chi connectivity index (χ1n) is 8.97. The highest BCUT2D eigenvalue weighted by Gasteiger charge is 2.31. The monoisotopic (exact) mass is 353 g/mol. The molecule has 0 aromatic carbocycles. The van der Waals surface area contributed by atoms with Crippen molar-refractivity contribution in [2.24, 2.45) is 0 Å². The Morgan fingerprint density at radius 3 is 2.88 bits per heavy atom. The van der Waals surface area contributed by atoms with E-state index in [1.165, 1.54) is 43.4 Å². The van der Waals surface area contributed by atoms with Crippen molar-refractivity contribution in [2.45, 2.75) is 57.5 Å². The molecule has 134 valence electrons. The molecule has 1 atom stereocenters. The lowest BCUT2D eigenvalue weighted by Crippen LogP contribution is -2.52. The number of anilines is 2. The van der Waals surface area contributed by atoms with Crippen LogP contribution >= 0.6 is 11.3 Å². The van der Waals surface area contributed by atoms with Crippen molar-refractivity contribution in [1.29, 1.82) is 0 Å². The summed E-state index contributed by atoms with van der Waals surface area (Å²) in [7, 11) is 0. The number of amides is 1. The number of nitrogens with one attached hydrogen (secondary N) is 2. The molecule has 1 aromatic rings. The van der Waals surface area contributed by atoms with Crippen LogP contribution in [0.3, 0.4) is 0 Å². The Morgan fingerprint density at radius 1 is 1.29 bits per heavy atom. The number of morpholine rings is 1. The molecule has 1 aromatic heterocycles. The van der Waals surface area contributed by atoms with Gasteiger partial charge in [0.05, 0.1) is 13.2 Å². The maximum atomic E-state index is 12.4. The first kappa shape index (κ1) is 17.6. The Balaban J connectivity index is 1.54. The molecule has 2 heterocycles. The molecule has 7 nitrogen and oxygen atoms in total. The van der Waals surface area contributed by atoms with Gasteiger partial charge in [0.15, 0.2) is 0 Å². The SMILES string of the molecule is CCNc1nnc(NC(=O)CC2COCCN2C2CCCCC2)s1. The van der Waals surface area contributed by atoms with Crippen LogP contribution in [0.4, 0.5) is 10.3 Å². The standard InChI is InChI=1S/C16H27N5O2S/c1-2-17-15-19-20-16(24-15)18-14(22)10-13-11-23-9-8-21(13)12-6-4-3-5-7-12/h12-13H,2-11H2,1H3,(H,17,19)(H,18,20,22). The summed E-state index contributed by atoms with van der Waals surface area (Å²) in [6, 6.07) is 0.783. The van der Waals surface area contributed by atoms with Crippen LogP contribution in [0.1, 0.15) is 45.4 Å². The Morgan fingerprint density at radius 2 is 2.08 bits per heavy atom. The van der Waals surface area contributed by atoms with Gasteiger partial charge < -0.3 is 15.4 Å². The van der Waals surface area contributed by atoms with Crippen molar-refractivity contribution < 1.29 is 9.53 Å². The maximum Gasteiger partial charge on any atom is 0.227 e. The van der Waals surface area contributed by atoms with Crippen molar-refractivity contribution in [3.05, 3.63) is 0 Å². The molecule has 2 N–H and O–H groups in total. The van der Waals surface area contributed by atoms with Gasteiger partial charge in [0.2, 0.25) is 16.2 Å². The van der Waals surface area contributed by atoms with Crippen molar-refractivity contribution in [2.75, 3.05) is 36.9 Å². The van der Waals surface area contributed by atoms with Gasteiger partial charge in [0, 0.05) is 31.6 Å². The van der Waals surface area contributed by atoms with Gasteiger partial charge in [-0.1, -0.05) is 30.6 Å². The van der Waals surface area contributed by atoms with E-state index in [0.29, 0.717) is 24.2 Å². The van der Waals surface area contributed by atoms with E-state index in [-0.39, 0.29) is 11.9 Å². The molecule has 1 unspecified atom stereocenters. The van der Waals surface area contributed by atoms with E-state index < -0.39 is 0 Å². The molecule has 8 heteroatoms. The number of rotatable bonds is 6. The molecule has 1 saturated carbocycles. The molecular weight excluding hydrogens is 326 g/mol. The van der Waals surface area contributed by atoms with Gasteiger partial charge in [0.1, 0.15) is 0 Å². The first-order valence-corrected chi connectivity index (χ1v) is 9.78. The third-order valence-corrected chi connectivity index (χ3v) is 5.53. The summed E-state index contributed by atoms with van der Waals surface area (Å²) >= 11 is 1.37. The van der Waals surface area contributed by atoms with Crippen molar-refractivity contribution in [1.82, 2.24) is 15.1 Å². The van der Waals surface area contributed by atoms with Crippen LogP contribution in [0, 0.1) is 0 Å². The number of hydrogen-bond acceptors (Lipinski definition) is 7. The molecule has 1 aliphatic heterocycles. The van der Waals surface area contributed by atoms with Crippen LogP contribution in [-0.4, -0.2) is 59.4 Å². The van der Waals surface area contributed by atoms with Gasteiger partial charge in [-0.25, -0.2) is 0 Å². The van der Waals surface area contributed by atoms with Gasteiger partial charge in [0.25, 0.3) is 0 Å². The molecule has 3 rings (SSSR count). The molecule has 0 radical (unpaired) electrons. The third-order valence-electron chi connectivity index (χ3n) is 4.74. The highest BCUT2D eigenvalue weighted by Crippen LogP contribution is 2.27. The minimum Gasteiger partial charge on any atom is -0.378 e. The normalized spacial score (nSPS) is 23.1. The lowest BCUT2D eigenvalue weighted by Gasteiger charge is -2.42. The van der Waals surface area contributed by atoms with E-state index in [1.54, 1.807) is 0 Å². The molecular formula is C16H27N5O2S. The van der Waals surface area contributed by atoms with Crippen LogP contribution in [-0.2, 0) is 9.53 Å². The summed E-state index contributed by atoms with van der Waals surface area (Å²) in [4.78, 5) is 14.9. The Hall–Kier alpha value is -1.25. The number of ether oxygens (including phenoxy) is 1. The van der Waals surface area contributed by atoms with Crippen LogP contribution in [0.15, 0.2) is 0 Å². The zero-order valence-corrected chi connectivity index (χ0v) is 15.1. The molecule has 2 aliphatic rings. The van der Waals surface area contributed by atoms with E-state index in [9.17, 15) is 4.79 Å². The van der Waals surface area contributed by atoms with Gasteiger partial charge in [-0.3, -0.25) is 9.69 Å². The average molecular weight is 353 g/mol. The van der Waals surface area contributed by atoms with E-state index in [0.717, 1.165) is 24.8 Å². The van der Waals surface area contributed by atoms with Crippen molar-refractivity contribution in [3.8, 4) is 0 Å². The lowest BCUT2D eigenvalue weighted by molar-refractivity contribution is -0.120. The first-order chi connectivity index (χ1) is 11.8. The summed E-state index contributed by atoms with van der Waals surface area (Å²) in [6.45, 7) is 5.15. The second-order valence-electron chi connectivity index (χ2n) is 6.45. The molecule has 0 bridgehead atoms. The topological polar surface area (TPSA) is 79.4 Å². The molecule has 2 fully saturated rings. The summed E-state index contributed by atoms with van der Waals surface area (Å²) in [6.07, 6.45) is 6.91. The summed E-state index contributed by atoms with van der Waals surface area (Å²) in [5, 5.41) is 15.3. The minimum absolute atomic E-state index is 0.00879. The molecule has 24 heavy (non-hydrogen) atoms. The largest absolute Gasteiger partial charge is 0.378 e. The second-order valence-corrected chi connectivity index (χ2v) is 7.43. The number of nitrogens with zero attached hydrogens (tertiary/aromatic N) is 3. The number of hydrogen-bond donors (Lipinski definition) is 2. The van der Waals surface area contributed by atoms with Gasteiger partial charge >= 0.3 is 0 Å². The van der Waals surface area contributed by atoms with Crippen LogP contribution in [0.25, 0.3) is 0 Å². The van der Waals surface area contributed by atoms with Gasteiger partial charge in [-0.05, 0) is 19.8 Å².